The van der Waals surface area contributed by atoms with Crippen molar-refractivity contribution in [3.8, 4) is 21.4 Å². The minimum absolute atomic E-state index is 1.01. The van der Waals surface area contributed by atoms with Gasteiger partial charge in [-0.15, -0.1) is 0 Å². The van der Waals surface area contributed by atoms with E-state index in [2.05, 4.69) is 83.9 Å². The highest BCUT2D eigenvalue weighted by Crippen LogP contribution is 2.38. The van der Waals surface area contributed by atoms with Crippen LogP contribution < -0.4 is 0 Å². The maximum absolute atomic E-state index is 4.91. The molecule has 28 heavy (non-hydrogen) atoms. The van der Waals surface area contributed by atoms with Crippen LogP contribution >= 0.6 is 22.7 Å². The zero-order chi connectivity index (χ0) is 18.8. The van der Waals surface area contributed by atoms with Crippen LogP contribution in [-0.4, -0.2) is 19.1 Å². The van der Waals surface area contributed by atoms with Crippen LogP contribution in [0.5, 0.6) is 0 Å². The summed E-state index contributed by atoms with van der Waals surface area (Å²) >= 11 is 3.33. The Kier molecular flexibility index (Phi) is 3.30. The topological polar surface area (TPSA) is 35.6 Å². The number of aryl methyl sites for hydroxylation is 2. The summed E-state index contributed by atoms with van der Waals surface area (Å²) in [7, 11) is 4.20. The van der Waals surface area contributed by atoms with Gasteiger partial charge in [-0.2, -0.15) is 0 Å². The van der Waals surface area contributed by atoms with Gasteiger partial charge in [0.05, 0.1) is 11.4 Å². The quantitative estimate of drug-likeness (QED) is 0.354. The summed E-state index contributed by atoms with van der Waals surface area (Å²) in [6.07, 6.45) is 0. The summed E-state index contributed by atoms with van der Waals surface area (Å²) in [5, 5.41) is 4.53. The third-order valence-corrected chi connectivity index (χ3v) is 7.39. The molecule has 0 aliphatic rings. The van der Waals surface area contributed by atoms with Crippen LogP contribution in [-0.2, 0) is 14.1 Å². The van der Waals surface area contributed by atoms with Gasteiger partial charge in [0.25, 0.3) is 0 Å². The van der Waals surface area contributed by atoms with Gasteiger partial charge in [-0.05, 0) is 24.3 Å². The molecule has 4 aromatic heterocycles. The Labute approximate surface area is 169 Å². The Bertz CT molecular complexity index is 1350. The molecule has 0 radical (unpaired) electrons. The van der Waals surface area contributed by atoms with Gasteiger partial charge in [0, 0.05) is 35.9 Å². The van der Waals surface area contributed by atoms with E-state index < -0.39 is 0 Å². The molecule has 4 heterocycles. The molecule has 0 fully saturated rings. The molecule has 136 valence electrons. The van der Waals surface area contributed by atoms with Crippen molar-refractivity contribution < 1.29 is 0 Å². The van der Waals surface area contributed by atoms with Crippen molar-refractivity contribution in [1.29, 1.82) is 0 Å². The molecule has 2 aromatic carbocycles. The number of thiazole rings is 2. The van der Waals surface area contributed by atoms with Crippen molar-refractivity contribution in [3.63, 3.8) is 0 Å². The molecule has 0 aliphatic heterocycles. The predicted octanol–water partition coefficient (Wildman–Crippen LogP) is 6.07. The average molecular weight is 401 g/mol. The van der Waals surface area contributed by atoms with Crippen molar-refractivity contribution in [3.05, 3.63) is 60.7 Å². The number of rotatable bonds is 2. The molecule has 6 heteroatoms. The van der Waals surface area contributed by atoms with E-state index in [0.29, 0.717) is 0 Å². The third kappa shape index (κ3) is 2.22. The Morgan fingerprint density at radius 3 is 1.50 bits per heavy atom. The van der Waals surface area contributed by atoms with E-state index in [4.69, 9.17) is 9.97 Å². The van der Waals surface area contributed by atoms with Gasteiger partial charge in [0.15, 0.2) is 9.66 Å². The van der Waals surface area contributed by atoms with Crippen molar-refractivity contribution in [2.24, 2.45) is 14.1 Å². The maximum atomic E-state index is 4.91. The molecule has 0 unspecified atom stereocenters. The molecule has 0 saturated heterocycles. The molecule has 6 aromatic rings. The second-order valence-electron chi connectivity index (χ2n) is 6.94. The maximum Gasteiger partial charge on any atom is 0.156 e. The Balaban J connectivity index is 1.47. The van der Waals surface area contributed by atoms with E-state index in [1.807, 2.05) is 0 Å². The lowest BCUT2D eigenvalue weighted by Crippen LogP contribution is -1.90. The third-order valence-electron chi connectivity index (χ3n) is 5.32. The second-order valence-corrected chi connectivity index (χ2v) is 8.90. The van der Waals surface area contributed by atoms with Crippen LogP contribution in [0.1, 0.15) is 0 Å². The van der Waals surface area contributed by atoms with Crippen LogP contribution in [0.25, 0.3) is 52.9 Å². The van der Waals surface area contributed by atoms with Crippen LogP contribution in [0.2, 0.25) is 0 Å². The van der Waals surface area contributed by atoms with Gasteiger partial charge in [-0.25, -0.2) is 9.97 Å². The van der Waals surface area contributed by atoms with E-state index in [-0.39, 0.29) is 0 Å². The highest BCUT2D eigenvalue weighted by atomic mass is 32.1. The number of para-hydroxylation sites is 2. The van der Waals surface area contributed by atoms with Crippen LogP contribution in [0.3, 0.4) is 0 Å². The highest BCUT2D eigenvalue weighted by molar-refractivity contribution is 7.29. The van der Waals surface area contributed by atoms with Gasteiger partial charge in [0.2, 0.25) is 0 Å². The Morgan fingerprint density at radius 1 is 0.643 bits per heavy atom. The van der Waals surface area contributed by atoms with Crippen molar-refractivity contribution in [2.45, 2.75) is 0 Å². The van der Waals surface area contributed by atoms with E-state index in [0.717, 1.165) is 31.1 Å². The SMILES string of the molecule is Cn1c(-c2nc3sc(-c4cc5ccccc5n4C)nc3s2)cc2ccccc21. The summed E-state index contributed by atoms with van der Waals surface area (Å²) in [5.41, 5.74) is 4.73. The summed E-state index contributed by atoms with van der Waals surface area (Å²) in [6, 6.07) is 21.3. The molecule has 4 nitrogen and oxygen atoms in total. The molecule has 0 N–H and O–H groups in total. The first-order valence-corrected chi connectivity index (χ1v) is 10.7. The summed E-state index contributed by atoms with van der Waals surface area (Å²) in [6.45, 7) is 0. The predicted molar refractivity (Wildman–Crippen MR) is 119 cm³/mol. The number of benzene rings is 2. The smallest absolute Gasteiger partial charge is 0.156 e. The van der Waals surface area contributed by atoms with Crippen molar-refractivity contribution in [1.82, 2.24) is 19.1 Å². The fourth-order valence-corrected chi connectivity index (χ4v) is 6.00. The molecule has 0 amide bonds. The molecule has 0 bridgehead atoms. The van der Waals surface area contributed by atoms with Gasteiger partial charge in [-0.3, -0.25) is 0 Å². The molecule has 6 rings (SSSR count). The molecule has 0 atom stereocenters. The van der Waals surface area contributed by atoms with Crippen molar-refractivity contribution >= 4 is 54.1 Å². The molecular formula is C22H16N4S2. The first-order valence-electron chi connectivity index (χ1n) is 9.06. The Morgan fingerprint density at radius 2 is 1.07 bits per heavy atom. The number of aromatic nitrogens is 4. The number of hydrogen-bond donors (Lipinski definition) is 0. The first-order chi connectivity index (χ1) is 13.7. The largest absolute Gasteiger partial charge is 0.342 e. The van der Waals surface area contributed by atoms with Crippen LogP contribution in [0, 0.1) is 0 Å². The Hall–Kier alpha value is -2.96. The lowest BCUT2D eigenvalue weighted by Gasteiger charge is -2.01. The lowest BCUT2D eigenvalue weighted by molar-refractivity contribution is 0.976. The molecular weight excluding hydrogens is 384 g/mol. The van der Waals surface area contributed by atoms with Crippen LogP contribution in [0.15, 0.2) is 60.7 Å². The average Bonchev–Trinajstić information content (AvgIpc) is 3.43. The minimum Gasteiger partial charge on any atom is -0.342 e. The zero-order valence-electron chi connectivity index (χ0n) is 15.4. The minimum atomic E-state index is 1.01. The highest BCUT2D eigenvalue weighted by Gasteiger charge is 2.18. The number of hydrogen-bond acceptors (Lipinski definition) is 4. The van der Waals surface area contributed by atoms with E-state index in [1.165, 1.54) is 21.8 Å². The molecule has 0 spiro atoms. The van der Waals surface area contributed by atoms with E-state index >= 15 is 0 Å². The second kappa shape index (κ2) is 5.77. The standard InChI is InChI=1S/C22H16N4S2/c1-25-15-9-5-3-7-13(15)11-17(25)19-23-21-22(27-19)24-20(28-21)18-12-14-8-4-6-10-16(14)26(18)2/h3-12H,1-2H3. The van der Waals surface area contributed by atoms with Crippen LogP contribution in [0.4, 0.5) is 0 Å². The van der Waals surface area contributed by atoms with Gasteiger partial charge >= 0.3 is 0 Å². The van der Waals surface area contributed by atoms with Crippen molar-refractivity contribution in [2.75, 3.05) is 0 Å². The molecule has 0 saturated carbocycles. The summed E-state index contributed by atoms with van der Waals surface area (Å²) in [4.78, 5) is 11.8. The van der Waals surface area contributed by atoms with E-state index in [1.54, 1.807) is 22.7 Å². The fourth-order valence-electron chi connectivity index (χ4n) is 3.85. The van der Waals surface area contributed by atoms with Gasteiger partial charge in [-0.1, -0.05) is 59.1 Å². The monoisotopic (exact) mass is 400 g/mol. The number of fused-ring (bicyclic) bond motifs is 3. The number of nitrogens with zero attached hydrogens (tertiary/aromatic N) is 4. The first kappa shape index (κ1) is 16.0. The van der Waals surface area contributed by atoms with Gasteiger partial charge < -0.3 is 9.13 Å². The lowest BCUT2D eigenvalue weighted by atomic mass is 10.2. The van der Waals surface area contributed by atoms with E-state index in [9.17, 15) is 0 Å². The van der Waals surface area contributed by atoms with Gasteiger partial charge in [0.1, 0.15) is 10.0 Å². The summed E-state index contributed by atoms with van der Waals surface area (Å²) in [5.74, 6) is 0. The zero-order valence-corrected chi connectivity index (χ0v) is 17.0. The normalized spacial score (nSPS) is 11.9. The summed E-state index contributed by atoms with van der Waals surface area (Å²) < 4.78 is 4.42. The molecule has 0 aliphatic carbocycles. The fraction of sp³-hybridized carbons (Fsp3) is 0.0909.